The van der Waals surface area contributed by atoms with E-state index in [0.717, 1.165) is 38.4 Å². The topological polar surface area (TPSA) is 54.0 Å². The van der Waals surface area contributed by atoms with Gasteiger partial charge in [0.05, 0.1) is 18.3 Å². The molecule has 4 atom stereocenters. The molecule has 2 heterocycles. The summed E-state index contributed by atoms with van der Waals surface area (Å²) in [5, 5.41) is 0. The van der Waals surface area contributed by atoms with Crippen molar-refractivity contribution >= 4 is 6.29 Å². The SMILES string of the molecule is CC1(C)O[C@H](CCCc2ccccc2)C[C@H](C[C@@H]2C[C@@H](C=O)OC(C)(C)O2)O1. The van der Waals surface area contributed by atoms with Crippen LogP contribution in [-0.2, 0) is 30.2 Å². The van der Waals surface area contributed by atoms with Crippen LogP contribution in [0.1, 0.15) is 65.4 Å². The largest absolute Gasteiger partial charge is 0.347 e. The van der Waals surface area contributed by atoms with Gasteiger partial charge in [0.25, 0.3) is 0 Å². The number of carbonyl (C=O) groups is 1. The molecule has 0 radical (unpaired) electrons. The number of carbonyl (C=O) groups excluding carboxylic acids is 1. The van der Waals surface area contributed by atoms with Crippen molar-refractivity contribution in [3.05, 3.63) is 35.9 Å². The predicted molar refractivity (Wildman–Crippen MR) is 107 cm³/mol. The molecule has 28 heavy (non-hydrogen) atoms. The molecule has 5 heteroatoms. The average Bonchev–Trinajstić information content (AvgIpc) is 2.60. The average molecular weight is 391 g/mol. The Bertz CT molecular complexity index is 627. The zero-order chi connectivity index (χ0) is 20.2. The summed E-state index contributed by atoms with van der Waals surface area (Å²) in [7, 11) is 0. The van der Waals surface area contributed by atoms with Gasteiger partial charge in [0.15, 0.2) is 11.6 Å². The molecule has 156 valence electrons. The molecule has 0 bridgehead atoms. The highest BCUT2D eigenvalue weighted by molar-refractivity contribution is 5.56. The zero-order valence-corrected chi connectivity index (χ0v) is 17.6. The van der Waals surface area contributed by atoms with E-state index in [1.807, 2.05) is 33.8 Å². The number of rotatable bonds is 7. The van der Waals surface area contributed by atoms with Crippen molar-refractivity contribution in [3.8, 4) is 0 Å². The van der Waals surface area contributed by atoms with Gasteiger partial charge < -0.3 is 23.7 Å². The number of benzene rings is 1. The maximum Gasteiger partial charge on any atom is 0.164 e. The summed E-state index contributed by atoms with van der Waals surface area (Å²) in [5.41, 5.74) is 1.36. The Morgan fingerprint density at radius 2 is 1.50 bits per heavy atom. The van der Waals surface area contributed by atoms with E-state index >= 15 is 0 Å². The van der Waals surface area contributed by atoms with E-state index in [2.05, 4.69) is 24.3 Å². The van der Waals surface area contributed by atoms with Crippen molar-refractivity contribution in [3.63, 3.8) is 0 Å². The fourth-order valence-electron chi connectivity index (χ4n) is 4.39. The van der Waals surface area contributed by atoms with Crippen molar-refractivity contribution in [2.24, 2.45) is 0 Å². The molecule has 0 unspecified atom stereocenters. The second-order valence-electron chi connectivity index (χ2n) is 8.90. The van der Waals surface area contributed by atoms with Crippen molar-refractivity contribution in [1.82, 2.24) is 0 Å². The van der Waals surface area contributed by atoms with Crippen LogP contribution in [0.15, 0.2) is 30.3 Å². The minimum Gasteiger partial charge on any atom is -0.347 e. The number of hydrogen-bond donors (Lipinski definition) is 0. The number of ether oxygens (including phenoxy) is 4. The molecule has 0 aromatic heterocycles. The summed E-state index contributed by atoms with van der Waals surface area (Å²) in [6, 6.07) is 10.6. The highest BCUT2D eigenvalue weighted by Crippen LogP contribution is 2.35. The van der Waals surface area contributed by atoms with Crippen LogP contribution in [0.2, 0.25) is 0 Å². The molecule has 1 aromatic rings. The first-order chi connectivity index (χ1) is 13.2. The van der Waals surface area contributed by atoms with Gasteiger partial charge in [-0.25, -0.2) is 0 Å². The third kappa shape index (κ3) is 6.38. The van der Waals surface area contributed by atoms with E-state index < -0.39 is 17.7 Å². The fraction of sp³-hybridized carbons (Fsp3) is 0.696. The predicted octanol–water partition coefficient (Wildman–Crippen LogP) is 4.42. The van der Waals surface area contributed by atoms with Crippen LogP contribution in [0.25, 0.3) is 0 Å². The van der Waals surface area contributed by atoms with Crippen molar-refractivity contribution in [2.75, 3.05) is 0 Å². The van der Waals surface area contributed by atoms with Crippen LogP contribution in [0.5, 0.6) is 0 Å². The van der Waals surface area contributed by atoms with Crippen LogP contribution in [0.4, 0.5) is 0 Å². The third-order valence-corrected chi connectivity index (χ3v) is 5.32. The lowest BCUT2D eigenvalue weighted by Gasteiger charge is -2.44. The Labute approximate surface area is 168 Å². The molecule has 1 aromatic carbocycles. The van der Waals surface area contributed by atoms with Gasteiger partial charge in [0.2, 0.25) is 0 Å². The normalized spacial score (nSPS) is 32.0. The first kappa shape index (κ1) is 21.4. The lowest BCUT2D eigenvalue weighted by molar-refractivity contribution is -0.321. The van der Waals surface area contributed by atoms with E-state index in [-0.39, 0.29) is 18.3 Å². The van der Waals surface area contributed by atoms with Gasteiger partial charge in [-0.2, -0.15) is 0 Å². The highest BCUT2D eigenvalue weighted by Gasteiger charge is 2.40. The Kier molecular flexibility index (Phi) is 6.92. The molecular formula is C23H34O5. The maximum absolute atomic E-state index is 11.2. The molecular weight excluding hydrogens is 356 g/mol. The first-order valence-electron chi connectivity index (χ1n) is 10.5. The van der Waals surface area contributed by atoms with Gasteiger partial charge >= 0.3 is 0 Å². The molecule has 0 aliphatic carbocycles. The van der Waals surface area contributed by atoms with E-state index in [1.54, 1.807) is 0 Å². The van der Waals surface area contributed by atoms with Crippen molar-refractivity contribution in [2.45, 2.75) is 102 Å². The molecule has 0 spiro atoms. The molecule has 2 aliphatic rings. The summed E-state index contributed by atoms with van der Waals surface area (Å²) in [4.78, 5) is 11.2. The molecule has 0 amide bonds. The summed E-state index contributed by atoms with van der Waals surface area (Å²) in [6.45, 7) is 7.67. The van der Waals surface area contributed by atoms with Crippen molar-refractivity contribution < 1.29 is 23.7 Å². The second-order valence-corrected chi connectivity index (χ2v) is 8.90. The lowest BCUT2D eigenvalue weighted by Crippen LogP contribution is -2.49. The Morgan fingerprint density at radius 1 is 0.893 bits per heavy atom. The van der Waals surface area contributed by atoms with Crippen molar-refractivity contribution in [1.29, 1.82) is 0 Å². The maximum atomic E-state index is 11.2. The molecule has 0 N–H and O–H groups in total. The number of aldehydes is 1. The summed E-state index contributed by atoms with van der Waals surface area (Å²) in [6.07, 6.45) is 5.97. The zero-order valence-electron chi connectivity index (χ0n) is 17.6. The second kappa shape index (κ2) is 9.04. The van der Waals surface area contributed by atoms with Crippen LogP contribution < -0.4 is 0 Å². The smallest absolute Gasteiger partial charge is 0.164 e. The molecule has 0 saturated carbocycles. The van der Waals surface area contributed by atoms with Gasteiger partial charge in [0, 0.05) is 19.3 Å². The Morgan fingerprint density at radius 3 is 2.18 bits per heavy atom. The quantitative estimate of drug-likeness (QED) is 0.645. The first-order valence-corrected chi connectivity index (χ1v) is 10.5. The van der Waals surface area contributed by atoms with E-state index in [1.165, 1.54) is 5.56 Å². The third-order valence-electron chi connectivity index (χ3n) is 5.32. The highest BCUT2D eigenvalue weighted by atomic mass is 16.7. The monoisotopic (exact) mass is 390 g/mol. The molecule has 3 rings (SSSR count). The molecule has 2 aliphatic heterocycles. The summed E-state index contributed by atoms with van der Waals surface area (Å²) in [5.74, 6) is -1.35. The number of aryl methyl sites for hydroxylation is 1. The lowest BCUT2D eigenvalue weighted by atomic mass is 9.95. The van der Waals surface area contributed by atoms with Gasteiger partial charge in [-0.1, -0.05) is 30.3 Å². The summed E-state index contributed by atoms with van der Waals surface area (Å²) >= 11 is 0. The number of hydrogen-bond acceptors (Lipinski definition) is 5. The van der Waals surface area contributed by atoms with Crippen LogP contribution in [0.3, 0.4) is 0 Å². The Hall–Kier alpha value is -1.27. The minimum absolute atomic E-state index is 0.0525. The minimum atomic E-state index is -0.746. The molecule has 2 saturated heterocycles. The van der Waals surface area contributed by atoms with Gasteiger partial charge in [-0.3, -0.25) is 0 Å². The Balaban J connectivity index is 1.53. The molecule has 5 nitrogen and oxygen atoms in total. The van der Waals surface area contributed by atoms with Crippen LogP contribution in [-0.4, -0.2) is 42.3 Å². The van der Waals surface area contributed by atoms with Gasteiger partial charge in [-0.15, -0.1) is 0 Å². The van der Waals surface area contributed by atoms with Gasteiger partial charge in [-0.05, 0) is 52.5 Å². The van der Waals surface area contributed by atoms with Gasteiger partial charge in [0.1, 0.15) is 12.4 Å². The standard InChI is InChI=1S/C23H34O5/c1-22(2)25-18(12-8-11-17-9-6-5-7-10-17)13-19(26-22)14-20-15-21(16-24)28-23(3,4)27-20/h5-7,9-10,16,18-21H,8,11-15H2,1-4H3/t18-,19-,20-,21+/m1/s1. The van der Waals surface area contributed by atoms with E-state index in [9.17, 15) is 4.79 Å². The van der Waals surface area contributed by atoms with E-state index in [4.69, 9.17) is 18.9 Å². The van der Waals surface area contributed by atoms with E-state index in [0.29, 0.717) is 6.42 Å². The molecule has 2 fully saturated rings. The van der Waals surface area contributed by atoms with Crippen LogP contribution >= 0.6 is 0 Å². The van der Waals surface area contributed by atoms with Crippen LogP contribution in [0, 0.1) is 0 Å². The fourth-order valence-corrected chi connectivity index (χ4v) is 4.39. The summed E-state index contributed by atoms with van der Waals surface area (Å²) < 4.78 is 24.0.